The molecule has 0 saturated heterocycles. The van der Waals surface area contributed by atoms with Crippen molar-refractivity contribution in [3.8, 4) is 17.0 Å². The largest absolute Gasteiger partial charge is 0.482 e. The molecule has 1 aromatic heterocycles. The maximum absolute atomic E-state index is 12.5. The molecule has 0 unspecified atom stereocenters. The maximum Gasteiger partial charge on any atom is 0.265 e. The highest BCUT2D eigenvalue weighted by Crippen LogP contribution is 2.36. The number of amides is 2. The summed E-state index contributed by atoms with van der Waals surface area (Å²) in [6.07, 6.45) is 0. The van der Waals surface area contributed by atoms with Crippen LogP contribution in [0.4, 0.5) is 5.69 Å². The van der Waals surface area contributed by atoms with Gasteiger partial charge in [0.2, 0.25) is 5.91 Å². The number of benzene rings is 1. The van der Waals surface area contributed by atoms with Crippen LogP contribution in [0, 0.1) is 6.92 Å². The third kappa shape index (κ3) is 3.51. The standard InChI is InChI=1S/C18H21N3O3S/c1-4-20(5-2)17(22)9-21-15-8-13(14-11-25-12(3)19-14)6-7-16(15)24-10-18(21)23/h6-8,11H,4-5,9-10H2,1-3H3. The van der Waals surface area contributed by atoms with Crippen LogP contribution < -0.4 is 9.64 Å². The molecule has 2 aromatic rings. The Balaban J connectivity index is 1.93. The third-order valence-corrected chi connectivity index (χ3v) is 5.00. The van der Waals surface area contributed by atoms with E-state index < -0.39 is 0 Å². The monoisotopic (exact) mass is 359 g/mol. The Labute approximate surface area is 151 Å². The number of fused-ring (bicyclic) bond motifs is 1. The van der Waals surface area contributed by atoms with Crippen LogP contribution in [0.3, 0.4) is 0 Å². The molecule has 132 valence electrons. The zero-order valence-corrected chi connectivity index (χ0v) is 15.4. The Kier molecular flexibility index (Phi) is 5.03. The number of carbonyl (C=O) groups excluding carboxylic acids is 2. The van der Waals surface area contributed by atoms with Crippen molar-refractivity contribution in [3.63, 3.8) is 0 Å². The van der Waals surface area contributed by atoms with Gasteiger partial charge in [0.05, 0.1) is 16.4 Å². The third-order valence-electron chi connectivity index (χ3n) is 4.23. The zero-order chi connectivity index (χ0) is 18.0. The molecule has 1 aliphatic heterocycles. The molecule has 0 aliphatic carbocycles. The Morgan fingerprint density at radius 1 is 1.36 bits per heavy atom. The maximum atomic E-state index is 12.5. The van der Waals surface area contributed by atoms with Gasteiger partial charge in [-0.2, -0.15) is 0 Å². The first-order valence-electron chi connectivity index (χ1n) is 8.31. The van der Waals surface area contributed by atoms with Crippen molar-refractivity contribution in [1.29, 1.82) is 0 Å². The number of aromatic nitrogens is 1. The lowest BCUT2D eigenvalue weighted by Gasteiger charge is -2.31. The molecule has 25 heavy (non-hydrogen) atoms. The lowest BCUT2D eigenvalue weighted by Crippen LogP contribution is -2.46. The molecule has 0 atom stereocenters. The molecular weight excluding hydrogens is 338 g/mol. The number of thiazole rings is 1. The molecule has 7 heteroatoms. The smallest absolute Gasteiger partial charge is 0.265 e. The van der Waals surface area contributed by atoms with Gasteiger partial charge in [0, 0.05) is 24.0 Å². The van der Waals surface area contributed by atoms with E-state index in [-0.39, 0.29) is 25.0 Å². The van der Waals surface area contributed by atoms with E-state index in [9.17, 15) is 9.59 Å². The molecule has 0 saturated carbocycles. The van der Waals surface area contributed by atoms with E-state index in [2.05, 4.69) is 4.98 Å². The van der Waals surface area contributed by atoms with Crippen LogP contribution in [0.25, 0.3) is 11.3 Å². The highest BCUT2D eigenvalue weighted by molar-refractivity contribution is 7.09. The summed E-state index contributed by atoms with van der Waals surface area (Å²) >= 11 is 1.57. The minimum atomic E-state index is -0.209. The fraction of sp³-hybridized carbons (Fsp3) is 0.389. The molecule has 1 aliphatic rings. The van der Waals surface area contributed by atoms with Gasteiger partial charge in [0.1, 0.15) is 12.3 Å². The SMILES string of the molecule is CCN(CC)C(=O)CN1C(=O)COc2ccc(-c3csc(C)n3)cc21. The zero-order valence-electron chi connectivity index (χ0n) is 14.6. The van der Waals surface area contributed by atoms with Crippen LogP contribution >= 0.6 is 11.3 Å². The van der Waals surface area contributed by atoms with Gasteiger partial charge in [-0.05, 0) is 39.0 Å². The Morgan fingerprint density at radius 3 is 2.76 bits per heavy atom. The van der Waals surface area contributed by atoms with Crippen molar-refractivity contribution in [3.05, 3.63) is 28.6 Å². The minimum absolute atomic E-state index is 0.0242. The van der Waals surface area contributed by atoms with Crippen molar-refractivity contribution >= 4 is 28.8 Å². The van der Waals surface area contributed by atoms with Crippen LogP contribution in [0.1, 0.15) is 18.9 Å². The van der Waals surface area contributed by atoms with Crippen molar-refractivity contribution in [2.24, 2.45) is 0 Å². The number of ether oxygens (including phenoxy) is 1. The summed E-state index contributed by atoms with van der Waals surface area (Å²) in [5.74, 6) is 0.336. The Hall–Kier alpha value is -2.41. The number of likely N-dealkylation sites (N-methyl/N-ethyl adjacent to an activating group) is 1. The number of nitrogens with zero attached hydrogens (tertiary/aromatic N) is 3. The second-order valence-electron chi connectivity index (χ2n) is 5.77. The first-order valence-corrected chi connectivity index (χ1v) is 9.19. The van der Waals surface area contributed by atoms with Crippen LogP contribution in [0.15, 0.2) is 23.6 Å². The first kappa shape index (κ1) is 17.4. The van der Waals surface area contributed by atoms with E-state index in [1.807, 2.05) is 44.4 Å². The molecule has 1 aromatic carbocycles. The second kappa shape index (κ2) is 7.23. The van der Waals surface area contributed by atoms with E-state index in [4.69, 9.17) is 4.74 Å². The summed E-state index contributed by atoms with van der Waals surface area (Å²) in [6, 6.07) is 5.63. The number of hydrogen-bond acceptors (Lipinski definition) is 5. The van der Waals surface area contributed by atoms with Gasteiger partial charge in [0.15, 0.2) is 6.61 Å². The lowest BCUT2D eigenvalue weighted by atomic mass is 10.1. The van der Waals surface area contributed by atoms with Gasteiger partial charge in [-0.25, -0.2) is 4.98 Å². The molecule has 6 nitrogen and oxygen atoms in total. The average Bonchev–Trinajstić information content (AvgIpc) is 3.04. The van der Waals surface area contributed by atoms with Gasteiger partial charge < -0.3 is 9.64 Å². The first-order chi connectivity index (χ1) is 12.0. The topological polar surface area (TPSA) is 62.7 Å². The van der Waals surface area contributed by atoms with Crippen LogP contribution in [-0.2, 0) is 9.59 Å². The number of anilines is 1. The van der Waals surface area contributed by atoms with E-state index in [0.29, 0.717) is 24.5 Å². The summed E-state index contributed by atoms with van der Waals surface area (Å²) in [4.78, 5) is 32.6. The lowest BCUT2D eigenvalue weighted by molar-refractivity contribution is -0.131. The molecule has 0 fully saturated rings. The molecule has 2 heterocycles. The van der Waals surface area contributed by atoms with Crippen molar-refractivity contribution in [1.82, 2.24) is 9.88 Å². The summed E-state index contributed by atoms with van der Waals surface area (Å²) < 4.78 is 5.52. The molecule has 0 bridgehead atoms. The summed E-state index contributed by atoms with van der Waals surface area (Å²) in [7, 11) is 0. The predicted octanol–water partition coefficient (Wildman–Crippen LogP) is 2.71. The van der Waals surface area contributed by atoms with Gasteiger partial charge in [-0.3, -0.25) is 14.5 Å². The second-order valence-corrected chi connectivity index (χ2v) is 6.83. The molecule has 0 N–H and O–H groups in total. The normalized spacial score (nSPS) is 13.4. The summed E-state index contributed by atoms with van der Waals surface area (Å²) in [6.45, 7) is 7.04. The minimum Gasteiger partial charge on any atom is -0.482 e. The molecular formula is C18H21N3O3S. The molecule has 0 spiro atoms. The van der Waals surface area contributed by atoms with Gasteiger partial charge >= 0.3 is 0 Å². The molecule has 3 rings (SSSR count). The van der Waals surface area contributed by atoms with Crippen molar-refractivity contribution in [2.45, 2.75) is 20.8 Å². The summed E-state index contributed by atoms with van der Waals surface area (Å²) in [5.41, 5.74) is 2.39. The molecule has 0 radical (unpaired) electrons. The molecule has 2 amide bonds. The fourth-order valence-electron chi connectivity index (χ4n) is 2.84. The average molecular weight is 359 g/mol. The fourth-order valence-corrected chi connectivity index (χ4v) is 3.46. The number of rotatable bonds is 5. The number of carbonyl (C=O) groups is 2. The number of aryl methyl sites for hydroxylation is 1. The van der Waals surface area contributed by atoms with Gasteiger partial charge in [0.25, 0.3) is 5.91 Å². The Morgan fingerprint density at radius 2 is 2.12 bits per heavy atom. The van der Waals surface area contributed by atoms with Gasteiger partial charge in [-0.15, -0.1) is 11.3 Å². The van der Waals surface area contributed by atoms with E-state index >= 15 is 0 Å². The highest BCUT2D eigenvalue weighted by atomic mass is 32.1. The van der Waals surface area contributed by atoms with E-state index in [1.165, 1.54) is 4.90 Å². The van der Waals surface area contributed by atoms with Crippen LogP contribution in [0.2, 0.25) is 0 Å². The van der Waals surface area contributed by atoms with Crippen molar-refractivity contribution in [2.75, 3.05) is 31.1 Å². The quantitative estimate of drug-likeness (QED) is 0.823. The predicted molar refractivity (Wildman–Crippen MR) is 98.1 cm³/mol. The van der Waals surface area contributed by atoms with E-state index in [1.54, 1.807) is 16.2 Å². The van der Waals surface area contributed by atoms with Crippen molar-refractivity contribution < 1.29 is 14.3 Å². The van der Waals surface area contributed by atoms with Gasteiger partial charge in [-0.1, -0.05) is 0 Å². The van der Waals surface area contributed by atoms with Crippen LogP contribution in [-0.4, -0.2) is 47.9 Å². The highest BCUT2D eigenvalue weighted by Gasteiger charge is 2.29. The summed E-state index contributed by atoms with van der Waals surface area (Å²) in [5, 5.41) is 2.96. The number of hydrogen-bond donors (Lipinski definition) is 0. The van der Waals surface area contributed by atoms with Crippen LogP contribution in [0.5, 0.6) is 5.75 Å². The van der Waals surface area contributed by atoms with E-state index in [0.717, 1.165) is 16.3 Å². The Bertz CT molecular complexity index is 799.